The molecule has 2 aromatic heterocycles. The van der Waals surface area contributed by atoms with Crippen LogP contribution in [0.5, 0.6) is 0 Å². The molecule has 1 aromatic carbocycles. The number of carbonyl (C=O) groups excluding carboxylic acids is 1. The van der Waals surface area contributed by atoms with Crippen LogP contribution in [0.1, 0.15) is 25.6 Å². The van der Waals surface area contributed by atoms with Crippen LogP contribution in [0.2, 0.25) is 0 Å². The number of piperidine rings is 1. The number of rotatable bonds is 4. The number of hydrogen-bond donors (Lipinski definition) is 2. The molecule has 0 radical (unpaired) electrons. The topological polar surface area (TPSA) is 89.6 Å². The van der Waals surface area contributed by atoms with E-state index in [-0.39, 0.29) is 23.0 Å². The fraction of sp³-hybridized carbons (Fsp3) is 0.421. The van der Waals surface area contributed by atoms with Crippen molar-refractivity contribution in [2.45, 2.75) is 26.3 Å². The van der Waals surface area contributed by atoms with Crippen LogP contribution in [-0.4, -0.2) is 35.6 Å². The van der Waals surface area contributed by atoms with E-state index in [2.05, 4.69) is 9.97 Å². The second-order valence-corrected chi connectivity index (χ2v) is 6.76. The third-order valence-electron chi connectivity index (χ3n) is 4.94. The summed E-state index contributed by atoms with van der Waals surface area (Å²) in [7, 11) is 0. The zero-order valence-corrected chi connectivity index (χ0v) is 14.7. The Morgan fingerprint density at radius 3 is 3.12 bits per heavy atom. The lowest BCUT2D eigenvalue weighted by Gasteiger charge is -2.28. The molecule has 136 valence electrons. The van der Waals surface area contributed by atoms with Gasteiger partial charge in [0.05, 0.1) is 19.7 Å². The standard InChI is InChI=1S/C19H21N3O4/c1-2-25-19(24)12-6-5-9-22(10-12)11-15-20-16-13-7-3-4-8-14(13)26-17(16)18(23)21-15/h3-4,7-8,12H,2,5-6,9-11H2,1H3,(H,20,21,23)/p+1/t12-/m0/s1. The largest absolute Gasteiger partial charge is 0.466 e. The molecule has 0 amide bonds. The molecule has 0 bridgehead atoms. The van der Waals surface area contributed by atoms with Crippen LogP contribution in [0.4, 0.5) is 0 Å². The number of nitrogens with zero attached hydrogens (tertiary/aromatic N) is 1. The summed E-state index contributed by atoms with van der Waals surface area (Å²) in [6.45, 7) is 4.45. The lowest BCUT2D eigenvalue weighted by molar-refractivity contribution is -0.921. The molecule has 0 aliphatic carbocycles. The molecule has 2 atom stereocenters. The number of likely N-dealkylation sites (tertiary alicyclic amines) is 1. The van der Waals surface area contributed by atoms with Gasteiger partial charge in [0, 0.05) is 5.39 Å². The lowest BCUT2D eigenvalue weighted by Crippen LogP contribution is -3.12. The van der Waals surface area contributed by atoms with E-state index in [0.29, 0.717) is 36.6 Å². The van der Waals surface area contributed by atoms with Crippen LogP contribution in [0.25, 0.3) is 22.1 Å². The number of quaternary nitrogens is 1. The van der Waals surface area contributed by atoms with Crippen molar-refractivity contribution in [3.05, 3.63) is 40.4 Å². The molecular weight excluding hydrogens is 334 g/mol. The quantitative estimate of drug-likeness (QED) is 0.682. The second kappa shape index (κ2) is 6.92. The first-order valence-electron chi connectivity index (χ1n) is 9.06. The fourth-order valence-corrected chi connectivity index (χ4v) is 3.74. The number of furan rings is 1. The minimum Gasteiger partial charge on any atom is -0.466 e. The fourth-order valence-electron chi connectivity index (χ4n) is 3.74. The Hall–Kier alpha value is -2.67. The van der Waals surface area contributed by atoms with Crippen LogP contribution in [0.3, 0.4) is 0 Å². The Kier molecular flexibility index (Phi) is 4.46. The van der Waals surface area contributed by atoms with Gasteiger partial charge in [0.2, 0.25) is 5.58 Å². The summed E-state index contributed by atoms with van der Waals surface area (Å²) in [5.74, 6) is 0.417. The van der Waals surface area contributed by atoms with Gasteiger partial charge in [-0.1, -0.05) is 12.1 Å². The minimum absolute atomic E-state index is 0.0797. The summed E-state index contributed by atoms with van der Waals surface area (Å²) >= 11 is 0. The molecule has 1 fully saturated rings. The van der Waals surface area contributed by atoms with Gasteiger partial charge in [-0.15, -0.1) is 0 Å². The Labute approximate surface area is 150 Å². The summed E-state index contributed by atoms with van der Waals surface area (Å²) in [6.07, 6.45) is 1.82. The number of H-pyrrole nitrogens is 1. The minimum atomic E-state index is -0.264. The molecule has 3 aromatic rings. The van der Waals surface area contributed by atoms with Crippen molar-refractivity contribution in [1.29, 1.82) is 0 Å². The van der Waals surface area contributed by atoms with Crippen molar-refractivity contribution in [1.82, 2.24) is 9.97 Å². The van der Waals surface area contributed by atoms with Crippen molar-refractivity contribution in [2.75, 3.05) is 19.7 Å². The van der Waals surface area contributed by atoms with Crippen molar-refractivity contribution in [3.8, 4) is 0 Å². The van der Waals surface area contributed by atoms with E-state index in [0.717, 1.165) is 24.8 Å². The SMILES string of the molecule is CCOC(=O)[C@H]1CCC[NH+](Cc2nc3c(oc4ccccc43)c(=O)[nH]2)C1. The number of aromatic amines is 1. The van der Waals surface area contributed by atoms with Gasteiger partial charge >= 0.3 is 5.97 Å². The van der Waals surface area contributed by atoms with E-state index in [1.165, 1.54) is 4.90 Å². The summed E-state index contributed by atoms with van der Waals surface area (Å²) < 4.78 is 10.8. The van der Waals surface area contributed by atoms with Gasteiger partial charge in [-0.3, -0.25) is 9.59 Å². The maximum absolute atomic E-state index is 12.4. The molecule has 0 saturated carbocycles. The zero-order chi connectivity index (χ0) is 18.1. The van der Waals surface area contributed by atoms with Crippen molar-refractivity contribution >= 4 is 28.0 Å². The van der Waals surface area contributed by atoms with Gasteiger partial charge in [-0.25, -0.2) is 4.98 Å². The van der Waals surface area contributed by atoms with Crippen LogP contribution in [0, 0.1) is 5.92 Å². The molecule has 26 heavy (non-hydrogen) atoms. The molecule has 3 heterocycles. The number of fused-ring (bicyclic) bond motifs is 3. The number of benzene rings is 1. The highest BCUT2D eigenvalue weighted by atomic mass is 16.5. The van der Waals surface area contributed by atoms with Crippen LogP contribution in [0.15, 0.2) is 33.5 Å². The second-order valence-electron chi connectivity index (χ2n) is 6.76. The number of carbonyl (C=O) groups is 1. The average molecular weight is 356 g/mol. The Balaban J connectivity index is 1.60. The monoisotopic (exact) mass is 356 g/mol. The average Bonchev–Trinajstić information content (AvgIpc) is 3.02. The molecule has 4 rings (SSSR count). The molecule has 1 aliphatic rings. The number of para-hydroxylation sites is 1. The number of aromatic nitrogens is 2. The van der Waals surface area contributed by atoms with Crippen LogP contribution < -0.4 is 10.5 Å². The molecule has 1 aliphatic heterocycles. The maximum atomic E-state index is 12.4. The van der Waals surface area contributed by atoms with Gasteiger partial charge in [-0.2, -0.15) is 0 Å². The van der Waals surface area contributed by atoms with E-state index in [1.54, 1.807) is 0 Å². The van der Waals surface area contributed by atoms with Gasteiger partial charge < -0.3 is 19.0 Å². The predicted molar refractivity (Wildman–Crippen MR) is 95.9 cm³/mol. The molecular formula is C19H22N3O4+. The Morgan fingerprint density at radius 2 is 2.27 bits per heavy atom. The van der Waals surface area contributed by atoms with Crippen LogP contribution >= 0.6 is 0 Å². The first-order valence-corrected chi connectivity index (χ1v) is 9.06. The van der Waals surface area contributed by atoms with Gasteiger partial charge in [0.25, 0.3) is 5.56 Å². The van der Waals surface area contributed by atoms with Gasteiger partial charge in [0.15, 0.2) is 5.82 Å². The van der Waals surface area contributed by atoms with Crippen molar-refractivity contribution in [2.24, 2.45) is 5.92 Å². The molecule has 1 saturated heterocycles. The lowest BCUT2D eigenvalue weighted by atomic mass is 9.98. The van der Waals surface area contributed by atoms with Crippen molar-refractivity contribution < 1.29 is 18.8 Å². The van der Waals surface area contributed by atoms with E-state index < -0.39 is 0 Å². The summed E-state index contributed by atoms with van der Waals surface area (Å²) in [5.41, 5.74) is 1.25. The molecule has 7 heteroatoms. The van der Waals surface area contributed by atoms with Gasteiger partial charge in [-0.05, 0) is 31.9 Å². The highest BCUT2D eigenvalue weighted by Crippen LogP contribution is 2.24. The van der Waals surface area contributed by atoms with Crippen molar-refractivity contribution in [3.63, 3.8) is 0 Å². The summed E-state index contributed by atoms with van der Waals surface area (Å²) in [5, 5.41) is 0.841. The molecule has 7 nitrogen and oxygen atoms in total. The molecule has 1 unspecified atom stereocenters. The number of ether oxygens (including phenoxy) is 1. The first kappa shape index (κ1) is 16.8. The number of nitrogens with one attached hydrogen (secondary N) is 2. The maximum Gasteiger partial charge on any atom is 0.314 e. The highest BCUT2D eigenvalue weighted by molar-refractivity contribution is 6.01. The third kappa shape index (κ3) is 3.10. The van der Waals surface area contributed by atoms with Crippen LogP contribution in [-0.2, 0) is 16.1 Å². The number of esters is 1. The normalized spacial score (nSPS) is 20.5. The summed E-state index contributed by atoms with van der Waals surface area (Å²) in [4.78, 5) is 33.1. The zero-order valence-electron chi connectivity index (χ0n) is 14.7. The highest BCUT2D eigenvalue weighted by Gasteiger charge is 2.30. The number of hydrogen-bond acceptors (Lipinski definition) is 5. The predicted octanol–water partition coefficient (Wildman–Crippen LogP) is 1.03. The Bertz CT molecular complexity index is 1010. The van der Waals surface area contributed by atoms with E-state index >= 15 is 0 Å². The molecule has 2 N–H and O–H groups in total. The third-order valence-corrected chi connectivity index (χ3v) is 4.94. The van der Waals surface area contributed by atoms with E-state index in [1.807, 2.05) is 31.2 Å². The van der Waals surface area contributed by atoms with Gasteiger partial charge in [0.1, 0.15) is 23.6 Å². The first-order chi connectivity index (χ1) is 12.7. The summed E-state index contributed by atoms with van der Waals surface area (Å²) in [6, 6.07) is 7.50. The molecule has 0 spiro atoms. The smallest absolute Gasteiger partial charge is 0.314 e. The van der Waals surface area contributed by atoms with E-state index in [4.69, 9.17) is 9.15 Å². The Morgan fingerprint density at radius 1 is 1.42 bits per heavy atom. The van der Waals surface area contributed by atoms with E-state index in [9.17, 15) is 9.59 Å².